The first-order valence-electron chi connectivity index (χ1n) is 4.77. The third-order valence-electron chi connectivity index (χ3n) is 1.97. The van der Waals surface area contributed by atoms with Crippen LogP contribution in [-0.4, -0.2) is 10.8 Å². The Labute approximate surface area is 97.7 Å². The molecule has 5 heteroatoms. The molecule has 1 aromatic heterocycles. The van der Waals surface area contributed by atoms with Crippen molar-refractivity contribution in [1.29, 1.82) is 0 Å². The second kappa shape index (κ2) is 4.32. The lowest BCUT2D eigenvalue weighted by Crippen LogP contribution is -2.03. The highest BCUT2D eigenvalue weighted by Crippen LogP contribution is 2.26. The van der Waals surface area contributed by atoms with Gasteiger partial charge >= 0.3 is 0 Å². The SMILES string of the molecule is CC(N)=Nc1cccc(-c2csc(N)n2)c1. The molecule has 0 aliphatic heterocycles. The van der Waals surface area contributed by atoms with Crippen molar-refractivity contribution in [2.75, 3.05) is 5.73 Å². The average molecular weight is 232 g/mol. The van der Waals surface area contributed by atoms with Crippen molar-refractivity contribution < 1.29 is 0 Å². The summed E-state index contributed by atoms with van der Waals surface area (Å²) in [5, 5.41) is 2.49. The van der Waals surface area contributed by atoms with Crippen molar-refractivity contribution in [3.8, 4) is 11.3 Å². The number of thiazole rings is 1. The number of amidine groups is 1. The Bertz CT molecular complexity index is 526. The minimum Gasteiger partial charge on any atom is -0.387 e. The third-order valence-corrected chi connectivity index (χ3v) is 2.64. The molecule has 4 N–H and O–H groups in total. The molecule has 0 spiro atoms. The maximum atomic E-state index is 5.59. The molecule has 0 saturated heterocycles. The highest BCUT2D eigenvalue weighted by molar-refractivity contribution is 7.13. The van der Waals surface area contributed by atoms with Gasteiger partial charge in [0.1, 0.15) is 0 Å². The van der Waals surface area contributed by atoms with Crippen LogP contribution in [0.25, 0.3) is 11.3 Å². The minimum absolute atomic E-state index is 0.537. The van der Waals surface area contributed by atoms with Crippen molar-refractivity contribution in [2.24, 2.45) is 10.7 Å². The zero-order chi connectivity index (χ0) is 11.5. The number of nitrogens with two attached hydrogens (primary N) is 2. The minimum atomic E-state index is 0.537. The first-order valence-corrected chi connectivity index (χ1v) is 5.65. The molecule has 2 rings (SSSR count). The predicted octanol–water partition coefficient (Wildman–Crippen LogP) is 2.40. The van der Waals surface area contributed by atoms with Crippen LogP contribution in [0, 0.1) is 0 Å². The Morgan fingerprint density at radius 3 is 2.88 bits per heavy atom. The molecular weight excluding hydrogens is 220 g/mol. The van der Waals surface area contributed by atoms with Gasteiger partial charge in [0.2, 0.25) is 0 Å². The molecule has 2 aromatic rings. The number of hydrogen-bond acceptors (Lipinski definition) is 4. The van der Waals surface area contributed by atoms with E-state index in [-0.39, 0.29) is 0 Å². The first-order chi connectivity index (χ1) is 7.65. The van der Waals surface area contributed by atoms with E-state index in [0.717, 1.165) is 16.9 Å². The lowest BCUT2D eigenvalue weighted by Gasteiger charge is -1.99. The number of aliphatic imine (C=N–C) groups is 1. The molecule has 0 amide bonds. The number of hydrogen-bond donors (Lipinski definition) is 2. The summed E-state index contributed by atoms with van der Waals surface area (Å²) in [6, 6.07) is 7.73. The van der Waals surface area contributed by atoms with Gasteiger partial charge in [0, 0.05) is 10.9 Å². The number of nitrogen functional groups attached to an aromatic ring is 1. The number of aromatic nitrogens is 1. The molecule has 1 aromatic carbocycles. The van der Waals surface area contributed by atoms with Crippen LogP contribution in [0.15, 0.2) is 34.6 Å². The van der Waals surface area contributed by atoms with Gasteiger partial charge in [0.15, 0.2) is 5.13 Å². The number of nitrogens with zero attached hydrogens (tertiary/aromatic N) is 2. The van der Waals surface area contributed by atoms with Crippen LogP contribution in [0.2, 0.25) is 0 Å². The average Bonchev–Trinajstić information content (AvgIpc) is 2.64. The molecule has 16 heavy (non-hydrogen) atoms. The lowest BCUT2D eigenvalue weighted by molar-refractivity contribution is 1.40. The van der Waals surface area contributed by atoms with Crippen molar-refractivity contribution in [3.05, 3.63) is 29.6 Å². The molecule has 0 bridgehead atoms. The number of anilines is 1. The molecule has 4 nitrogen and oxygen atoms in total. The molecule has 0 saturated carbocycles. The van der Waals surface area contributed by atoms with E-state index in [9.17, 15) is 0 Å². The first kappa shape index (κ1) is 10.6. The van der Waals surface area contributed by atoms with Gasteiger partial charge in [-0.3, -0.25) is 0 Å². The number of rotatable bonds is 2. The fourth-order valence-electron chi connectivity index (χ4n) is 1.36. The summed E-state index contributed by atoms with van der Waals surface area (Å²) in [4.78, 5) is 8.41. The van der Waals surface area contributed by atoms with Crippen LogP contribution in [0.5, 0.6) is 0 Å². The third kappa shape index (κ3) is 2.38. The van der Waals surface area contributed by atoms with Gasteiger partial charge < -0.3 is 11.5 Å². The van der Waals surface area contributed by atoms with E-state index in [2.05, 4.69) is 9.98 Å². The molecule has 0 radical (unpaired) electrons. The van der Waals surface area contributed by atoms with Gasteiger partial charge in [-0.25, -0.2) is 9.98 Å². The van der Waals surface area contributed by atoms with E-state index in [0.29, 0.717) is 11.0 Å². The molecule has 0 fully saturated rings. The molecular formula is C11H12N4S. The lowest BCUT2D eigenvalue weighted by atomic mass is 10.1. The summed E-state index contributed by atoms with van der Waals surface area (Å²) in [6.45, 7) is 1.76. The van der Waals surface area contributed by atoms with E-state index in [1.54, 1.807) is 6.92 Å². The van der Waals surface area contributed by atoms with Crippen LogP contribution >= 0.6 is 11.3 Å². The van der Waals surface area contributed by atoms with E-state index in [1.807, 2.05) is 29.6 Å². The quantitative estimate of drug-likeness (QED) is 0.616. The van der Waals surface area contributed by atoms with Crippen LogP contribution in [0.1, 0.15) is 6.92 Å². The summed E-state index contributed by atoms with van der Waals surface area (Å²) in [7, 11) is 0. The van der Waals surface area contributed by atoms with Crippen molar-refractivity contribution in [1.82, 2.24) is 4.98 Å². The van der Waals surface area contributed by atoms with Crippen LogP contribution in [0.4, 0.5) is 10.8 Å². The topological polar surface area (TPSA) is 77.3 Å². The van der Waals surface area contributed by atoms with E-state index in [1.165, 1.54) is 11.3 Å². The van der Waals surface area contributed by atoms with Crippen LogP contribution < -0.4 is 11.5 Å². The van der Waals surface area contributed by atoms with Crippen molar-refractivity contribution in [3.63, 3.8) is 0 Å². The normalized spacial score (nSPS) is 11.7. The van der Waals surface area contributed by atoms with Crippen LogP contribution in [-0.2, 0) is 0 Å². The molecule has 1 heterocycles. The summed E-state index contributed by atoms with van der Waals surface area (Å²) >= 11 is 1.43. The van der Waals surface area contributed by atoms with Gasteiger partial charge in [-0.05, 0) is 19.1 Å². The van der Waals surface area contributed by atoms with Gasteiger partial charge in [-0.15, -0.1) is 11.3 Å². The monoisotopic (exact) mass is 232 g/mol. The Morgan fingerprint density at radius 1 is 1.44 bits per heavy atom. The molecule has 0 aliphatic carbocycles. The van der Waals surface area contributed by atoms with E-state index >= 15 is 0 Å². The maximum Gasteiger partial charge on any atom is 0.180 e. The Kier molecular flexibility index (Phi) is 2.87. The van der Waals surface area contributed by atoms with Gasteiger partial charge in [-0.2, -0.15) is 0 Å². The van der Waals surface area contributed by atoms with Gasteiger partial charge in [0.25, 0.3) is 0 Å². The fraction of sp³-hybridized carbons (Fsp3) is 0.0909. The maximum absolute atomic E-state index is 5.59. The van der Waals surface area contributed by atoms with Crippen molar-refractivity contribution >= 4 is 28.0 Å². The largest absolute Gasteiger partial charge is 0.387 e. The summed E-state index contributed by atoms with van der Waals surface area (Å²) < 4.78 is 0. The van der Waals surface area contributed by atoms with Gasteiger partial charge in [-0.1, -0.05) is 12.1 Å². The van der Waals surface area contributed by atoms with Gasteiger partial charge in [0.05, 0.1) is 17.2 Å². The standard InChI is InChI=1S/C11H12N4S/c1-7(12)14-9-4-2-3-8(5-9)10-6-16-11(13)15-10/h2-6H,1H3,(H2,12,14)(H2,13,15). The fourth-order valence-corrected chi connectivity index (χ4v) is 1.93. The second-order valence-electron chi connectivity index (χ2n) is 3.37. The smallest absolute Gasteiger partial charge is 0.180 e. The summed E-state index contributed by atoms with van der Waals surface area (Å²) in [6.07, 6.45) is 0. The highest BCUT2D eigenvalue weighted by atomic mass is 32.1. The Hall–Kier alpha value is -1.88. The molecule has 0 aliphatic rings. The molecule has 82 valence electrons. The highest BCUT2D eigenvalue weighted by Gasteiger charge is 2.02. The molecule has 0 atom stereocenters. The van der Waals surface area contributed by atoms with Crippen molar-refractivity contribution in [2.45, 2.75) is 6.92 Å². The Balaban J connectivity index is 2.40. The zero-order valence-electron chi connectivity index (χ0n) is 8.84. The zero-order valence-corrected chi connectivity index (χ0v) is 9.66. The predicted molar refractivity (Wildman–Crippen MR) is 68.9 cm³/mol. The second-order valence-corrected chi connectivity index (χ2v) is 4.26. The van der Waals surface area contributed by atoms with Crippen LogP contribution in [0.3, 0.4) is 0 Å². The summed E-state index contributed by atoms with van der Waals surface area (Å²) in [5.74, 6) is 0.537. The van der Waals surface area contributed by atoms with E-state index < -0.39 is 0 Å². The number of benzene rings is 1. The Morgan fingerprint density at radius 2 is 2.25 bits per heavy atom. The summed E-state index contributed by atoms with van der Waals surface area (Å²) in [5.41, 5.74) is 13.8. The van der Waals surface area contributed by atoms with E-state index in [4.69, 9.17) is 11.5 Å². The molecule has 0 unspecified atom stereocenters.